The highest BCUT2D eigenvalue weighted by atomic mass is 16.5. The topological polar surface area (TPSA) is 38.3 Å². The van der Waals surface area contributed by atoms with Crippen molar-refractivity contribution in [2.45, 2.75) is 13.3 Å². The fraction of sp³-hybridized carbons (Fsp3) is 0.136. The van der Waals surface area contributed by atoms with Crippen molar-refractivity contribution in [3.05, 3.63) is 84.4 Å². The Balaban J connectivity index is 1.70. The van der Waals surface area contributed by atoms with Crippen molar-refractivity contribution >= 4 is 22.4 Å². The van der Waals surface area contributed by atoms with Crippen LogP contribution in [0, 0.1) is 0 Å². The molecule has 3 nitrogen and oxygen atoms in total. The molecule has 1 N–H and O–H groups in total. The average Bonchev–Trinajstić information content (AvgIpc) is 2.60. The summed E-state index contributed by atoms with van der Waals surface area (Å²) < 4.78 is 5.61. The van der Waals surface area contributed by atoms with Crippen LogP contribution in [0.2, 0.25) is 0 Å². The number of rotatable bonds is 6. The molecule has 3 aromatic rings. The van der Waals surface area contributed by atoms with E-state index >= 15 is 0 Å². The van der Waals surface area contributed by atoms with Crippen LogP contribution in [0.1, 0.15) is 12.5 Å². The number of nitrogens with one attached hydrogen (secondary N) is 1. The summed E-state index contributed by atoms with van der Waals surface area (Å²) in [6.45, 7) is 6.20. The summed E-state index contributed by atoms with van der Waals surface area (Å²) in [5.74, 6) is 0.666. The van der Waals surface area contributed by atoms with Crippen LogP contribution in [0.5, 0.6) is 5.75 Å². The largest absolute Gasteiger partial charge is 0.489 e. The van der Waals surface area contributed by atoms with Gasteiger partial charge >= 0.3 is 0 Å². The molecule has 3 aromatic carbocycles. The first-order valence-corrected chi connectivity index (χ1v) is 8.25. The van der Waals surface area contributed by atoms with Gasteiger partial charge in [0.15, 0.2) is 0 Å². The van der Waals surface area contributed by atoms with Gasteiger partial charge in [-0.05, 0) is 41.0 Å². The number of ether oxygens (including phenoxy) is 1. The Hall–Kier alpha value is -3.07. The summed E-state index contributed by atoms with van der Waals surface area (Å²) in [4.78, 5) is 12.4. The fourth-order valence-electron chi connectivity index (χ4n) is 2.69. The normalized spacial score (nSPS) is 10.4. The van der Waals surface area contributed by atoms with Gasteiger partial charge in [0.2, 0.25) is 5.91 Å². The summed E-state index contributed by atoms with van der Waals surface area (Å²) >= 11 is 0. The maximum absolute atomic E-state index is 12.4. The number of fused-ring (bicyclic) bond motifs is 1. The van der Waals surface area contributed by atoms with E-state index < -0.39 is 0 Å². The van der Waals surface area contributed by atoms with Crippen molar-refractivity contribution in [3.8, 4) is 5.75 Å². The second kappa shape index (κ2) is 7.67. The first kappa shape index (κ1) is 16.8. The molecule has 0 saturated carbocycles. The number of anilines is 1. The lowest BCUT2D eigenvalue weighted by molar-refractivity contribution is -0.115. The van der Waals surface area contributed by atoms with Gasteiger partial charge in [-0.3, -0.25) is 4.79 Å². The van der Waals surface area contributed by atoms with Crippen molar-refractivity contribution in [3.63, 3.8) is 0 Å². The Kier molecular flexibility index (Phi) is 5.14. The van der Waals surface area contributed by atoms with E-state index in [0.29, 0.717) is 18.8 Å². The molecule has 0 saturated heterocycles. The van der Waals surface area contributed by atoms with Crippen LogP contribution in [-0.4, -0.2) is 12.5 Å². The lowest BCUT2D eigenvalue weighted by Crippen LogP contribution is -2.14. The van der Waals surface area contributed by atoms with E-state index in [0.717, 1.165) is 27.6 Å². The Morgan fingerprint density at radius 1 is 1.04 bits per heavy atom. The second-order valence-corrected chi connectivity index (χ2v) is 6.14. The zero-order valence-corrected chi connectivity index (χ0v) is 14.3. The molecule has 0 aliphatic heterocycles. The minimum Gasteiger partial charge on any atom is -0.489 e. The van der Waals surface area contributed by atoms with Crippen molar-refractivity contribution < 1.29 is 9.53 Å². The molecule has 0 aromatic heterocycles. The highest BCUT2D eigenvalue weighted by Gasteiger charge is 2.08. The predicted molar refractivity (Wildman–Crippen MR) is 103 cm³/mol. The zero-order chi connectivity index (χ0) is 17.6. The molecule has 25 heavy (non-hydrogen) atoms. The molecule has 1 amide bonds. The maximum Gasteiger partial charge on any atom is 0.228 e. The van der Waals surface area contributed by atoms with E-state index in [1.807, 2.05) is 61.5 Å². The molecule has 0 spiro atoms. The predicted octanol–water partition coefficient (Wildman–Crippen LogP) is 4.98. The lowest BCUT2D eigenvalue weighted by Gasteiger charge is -2.10. The van der Waals surface area contributed by atoms with Crippen molar-refractivity contribution in [2.24, 2.45) is 0 Å². The zero-order valence-electron chi connectivity index (χ0n) is 14.3. The van der Waals surface area contributed by atoms with Gasteiger partial charge in [0.1, 0.15) is 12.4 Å². The molecule has 0 bridgehead atoms. The molecule has 0 heterocycles. The molecule has 0 atom stereocenters. The second-order valence-electron chi connectivity index (χ2n) is 6.14. The van der Waals surface area contributed by atoms with Gasteiger partial charge in [-0.1, -0.05) is 55.1 Å². The van der Waals surface area contributed by atoms with Gasteiger partial charge in [0.05, 0.1) is 6.42 Å². The molecule has 0 aliphatic carbocycles. The molecule has 126 valence electrons. The van der Waals surface area contributed by atoms with Gasteiger partial charge in [0, 0.05) is 11.8 Å². The van der Waals surface area contributed by atoms with Crippen LogP contribution in [-0.2, 0) is 11.2 Å². The number of hydrogen-bond donors (Lipinski definition) is 1. The number of benzene rings is 3. The summed E-state index contributed by atoms with van der Waals surface area (Å²) in [5.41, 5.74) is 2.69. The van der Waals surface area contributed by atoms with Crippen LogP contribution in [0.15, 0.2) is 78.9 Å². The quantitative estimate of drug-likeness (QED) is 0.647. The van der Waals surface area contributed by atoms with E-state index in [2.05, 4.69) is 24.0 Å². The van der Waals surface area contributed by atoms with Crippen LogP contribution in [0.25, 0.3) is 10.8 Å². The van der Waals surface area contributed by atoms with Gasteiger partial charge < -0.3 is 10.1 Å². The van der Waals surface area contributed by atoms with Gasteiger partial charge in [-0.15, -0.1) is 0 Å². The van der Waals surface area contributed by atoms with Crippen molar-refractivity contribution in [2.75, 3.05) is 11.9 Å². The van der Waals surface area contributed by atoms with E-state index in [4.69, 9.17) is 4.74 Å². The third kappa shape index (κ3) is 4.48. The van der Waals surface area contributed by atoms with Crippen LogP contribution in [0.4, 0.5) is 5.69 Å². The average molecular weight is 331 g/mol. The number of carbonyl (C=O) groups is 1. The van der Waals surface area contributed by atoms with Gasteiger partial charge in [-0.25, -0.2) is 0 Å². The number of hydrogen-bond acceptors (Lipinski definition) is 2. The minimum atomic E-state index is -0.0478. The molecule has 0 fully saturated rings. The third-order valence-corrected chi connectivity index (χ3v) is 3.83. The summed E-state index contributed by atoms with van der Waals surface area (Å²) in [5, 5.41) is 5.19. The minimum absolute atomic E-state index is 0.0478. The van der Waals surface area contributed by atoms with Gasteiger partial charge in [0.25, 0.3) is 0 Å². The highest BCUT2D eigenvalue weighted by molar-refractivity contribution is 5.96. The molecule has 3 heteroatoms. The monoisotopic (exact) mass is 331 g/mol. The molecule has 3 rings (SSSR count). The van der Waals surface area contributed by atoms with Crippen LogP contribution < -0.4 is 10.1 Å². The highest BCUT2D eigenvalue weighted by Crippen LogP contribution is 2.21. The number of carbonyl (C=O) groups excluding carboxylic acids is 1. The fourth-order valence-corrected chi connectivity index (χ4v) is 2.69. The summed E-state index contributed by atoms with van der Waals surface area (Å²) in [6.07, 6.45) is 0.332. The molecular weight excluding hydrogens is 310 g/mol. The van der Waals surface area contributed by atoms with Crippen LogP contribution in [0.3, 0.4) is 0 Å². The molecular formula is C22H21NO2. The first-order valence-electron chi connectivity index (χ1n) is 8.25. The van der Waals surface area contributed by atoms with E-state index in [1.54, 1.807) is 0 Å². The Morgan fingerprint density at radius 2 is 1.80 bits per heavy atom. The summed E-state index contributed by atoms with van der Waals surface area (Å²) in [7, 11) is 0. The molecule has 0 aliphatic rings. The van der Waals surface area contributed by atoms with E-state index in [1.165, 1.54) is 0 Å². The number of amides is 1. The van der Waals surface area contributed by atoms with E-state index in [9.17, 15) is 4.79 Å². The summed E-state index contributed by atoms with van der Waals surface area (Å²) in [6, 6.07) is 21.5. The van der Waals surface area contributed by atoms with E-state index in [-0.39, 0.29) is 5.91 Å². The Labute approximate surface area is 147 Å². The first-order chi connectivity index (χ1) is 12.1. The SMILES string of the molecule is C=C(C)COc1cccc(NC(=O)Cc2cccc3ccccc23)c1. The Morgan fingerprint density at radius 3 is 2.64 bits per heavy atom. The van der Waals surface area contributed by atoms with Crippen molar-refractivity contribution in [1.29, 1.82) is 0 Å². The molecule has 0 unspecified atom stereocenters. The Bertz CT molecular complexity index is 909. The molecule has 0 radical (unpaired) electrons. The van der Waals surface area contributed by atoms with Crippen LogP contribution >= 0.6 is 0 Å². The lowest BCUT2D eigenvalue weighted by atomic mass is 10.0. The smallest absolute Gasteiger partial charge is 0.228 e. The van der Waals surface area contributed by atoms with Crippen molar-refractivity contribution in [1.82, 2.24) is 0 Å². The van der Waals surface area contributed by atoms with Gasteiger partial charge in [-0.2, -0.15) is 0 Å². The third-order valence-electron chi connectivity index (χ3n) is 3.83. The standard InChI is InChI=1S/C22H21NO2/c1-16(2)15-25-20-11-6-10-19(14-20)23-22(24)13-18-9-5-8-17-7-3-4-12-21(17)18/h3-12,14H,1,13,15H2,2H3,(H,23,24). The maximum atomic E-state index is 12.4.